The highest BCUT2D eigenvalue weighted by atomic mass is 79.9. The molecule has 0 radical (unpaired) electrons. The maximum atomic E-state index is 4.18. The number of rotatable bonds is 7. The molecule has 90 valence electrons. The molecule has 1 unspecified atom stereocenters. The molecular formula is C13H21BrN2. The van der Waals surface area contributed by atoms with E-state index in [2.05, 4.69) is 46.3 Å². The van der Waals surface area contributed by atoms with Gasteiger partial charge in [0.25, 0.3) is 0 Å². The molecule has 1 heterocycles. The minimum Gasteiger partial charge on any atom is -0.317 e. The standard InChI is InChI=1S/C13H21BrN2/c1-3-5-13(15-2)7-4-6-11-8-12(14)10-16-9-11/h8-10,13,15H,3-7H2,1-2H3. The molecule has 0 amide bonds. The van der Waals surface area contributed by atoms with E-state index in [9.17, 15) is 0 Å². The summed E-state index contributed by atoms with van der Waals surface area (Å²) in [5.41, 5.74) is 1.32. The third-order valence-electron chi connectivity index (χ3n) is 2.82. The summed E-state index contributed by atoms with van der Waals surface area (Å²) in [5.74, 6) is 0. The highest BCUT2D eigenvalue weighted by molar-refractivity contribution is 9.10. The molecule has 1 rings (SSSR count). The van der Waals surface area contributed by atoms with Gasteiger partial charge in [-0.25, -0.2) is 0 Å². The van der Waals surface area contributed by atoms with E-state index in [1.54, 1.807) is 0 Å². The van der Waals surface area contributed by atoms with Gasteiger partial charge in [-0.15, -0.1) is 0 Å². The summed E-state index contributed by atoms with van der Waals surface area (Å²) >= 11 is 3.45. The predicted octanol–water partition coefficient (Wildman–Crippen LogP) is 3.55. The smallest absolute Gasteiger partial charge is 0.0410 e. The summed E-state index contributed by atoms with van der Waals surface area (Å²) in [5, 5.41) is 3.38. The van der Waals surface area contributed by atoms with Crippen LogP contribution in [0.15, 0.2) is 22.9 Å². The van der Waals surface area contributed by atoms with E-state index in [0.29, 0.717) is 6.04 Å². The SMILES string of the molecule is CCCC(CCCc1cncc(Br)c1)NC. The third-order valence-corrected chi connectivity index (χ3v) is 3.26. The predicted molar refractivity (Wildman–Crippen MR) is 72.6 cm³/mol. The zero-order valence-corrected chi connectivity index (χ0v) is 11.8. The second-order valence-corrected chi connectivity index (χ2v) is 5.09. The Morgan fingerprint density at radius 2 is 2.19 bits per heavy atom. The van der Waals surface area contributed by atoms with Gasteiger partial charge in [0.15, 0.2) is 0 Å². The van der Waals surface area contributed by atoms with Crippen molar-refractivity contribution in [1.82, 2.24) is 10.3 Å². The van der Waals surface area contributed by atoms with Crippen molar-refractivity contribution in [1.29, 1.82) is 0 Å². The molecule has 1 atom stereocenters. The molecule has 0 saturated heterocycles. The molecular weight excluding hydrogens is 264 g/mol. The van der Waals surface area contributed by atoms with E-state index in [4.69, 9.17) is 0 Å². The molecule has 0 bridgehead atoms. The zero-order valence-electron chi connectivity index (χ0n) is 10.2. The lowest BCUT2D eigenvalue weighted by molar-refractivity contribution is 0.469. The average molecular weight is 285 g/mol. The Morgan fingerprint density at radius 1 is 1.38 bits per heavy atom. The number of pyridine rings is 1. The van der Waals surface area contributed by atoms with Gasteiger partial charge in [0.2, 0.25) is 0 Å². The Hall–Kier alpha value is -0.410. The molecule has 0 fully saturated rings. The number of hydrogen-bond donors (Lipinski definition) is 1. The van der Waals surface area contributed by atoms with E-state index >= 15 is 0 Å². The van der Waals surface area contributed by atoms with E-state index in [0.717, 1.165) is 10.9 Å². The maximum absolute atomic E-state index is 4.18. The molecule has 0 aliphatic heterocycles. The van der Waals surface area contributed by atoms with Crippen LogP contribution in [0.1, 0.15) is 38.2 Å². The second kappa shape index (κ2) is 7.80. The van der Waals surface area contributed by atoms with Crippen LogP contribution < -0.4 is 5.32 Å². The summed E-state index contributed by atoms with van der Waals surface area (Å²) in [6, 6.07) is 2.83. The fourth-order valence-corrected chi connectivity index (χ4v) is 2.34. The number of nitrogens with zero attached hydrogens (tertiary/aromatic N) is 1. The van der Waals surface area contributed by atoms with Crippen LogP contribution in [0.2, 0.25) is 0 Å². The van der Waals surface area contributed by atoms with Crippen LogP contribution in [0.5, 0.6) is 0 Å². The fourth-order valence-electron chi connectivity index (χ4n) is 1.93. The zero-order chi connectivity index (χ0) is 11.8. The first-order chi connectivity index (χ1) is 7.76. The Bertz CT molecular complexity index is 302. The van der Waals surface area contributed by atoms with Gasteiger partial charge < -0.3 is 5.32 Å². The minimum absolute atomic E-state index is 0.671. The van der Waals surface area contributed by atoms with Crippen LogP contribution in [0, 0.1) is 0 Å². The normalized spacial score (nSPS) is 12.7. The second-order valence-electron chi connectivity index (χ2n) is 4.18. The van der Waals surface area contributed by atoms with Crippen LogP contribution in [0.3, 0.4) is 0 Å². The van der Waals surface area contributed by atoms with Gasteiger partial charge in [0.1, 0.15) is 0 Å². The quantitative estimate of drug-likeness (QED) is 0.828. The van der Waals surface area contributed by atoms with Crippen molar-refractivity contribution in [3.8, 4) is 0 Å². The molecule has 0 saturated carbocycles. The highest BCUT2D eigenvalue weighted by Gasteiger charge is 2.04. The lowest BCUT2D eigenvalue weighted by atomic mass is 10.0. The Labute approximate surface area is 107 Å². The van der Waals surface area contributed by atoms with Crippen molar-refractivity contribution in [2.45, 2.75) is 45.1 Å². The third kappa shape index (κ3) is 5.08. The van der Waals surface area contributed by atoms with Gasteiger partial charge in [0, 0.05) is 22.9 Å². The summed E-state index contributed by atoms with van der Waals surface area (Å²) in [6.45, 7) is 2.24. The van der Waals surface area contributed by atoms with E-state index in [-0.39, 0.29) is 0 Å². The van der Waals surface area contributed by atoms with E-state index in [1.807, 2.05) is 12.4 Å². The maximum Gasteiger partial charge on any atom is 0.0410 e. The van der Waals surface area contributed by atoms with Crippen molar-refractivity contribution in [2.75, 3.05) is 7.05 Å². The van der Waals surface area contributed by atoms with Crippen LogP contribution in [0.4, 0.5) is 0 Å². The van der Waals surface area contributed by atoms with E-state index in [1.165, 1.54) is 31.2 Å². The molecule has 1 aromatic rings. The summed E-state index contributed by atoms with van der Waals surface area (Å²) < 4.78 is 1.07. The van der Waals surface area contributed by atoms with Gasteiger partial charge >= 0.3 is 0 Å². The van der Waals surface area contributed by atoms with Gasteiger partial charge in [-0.3, -0.25) is 4.98 Å². The number of aromatic nitrogens is 1. The van der Waals surface area contributed by atoms with Gasteiger partial charge in [-0.1, -0.05) is 13.3 Å². The molecule has 1 aromatic heterocycles. The number of aryl methyl sites for hydroxylation is 1. The van der Waals surface area contributed by atoms with Crippen molar-refractivity contribution in [2.24, 2.45) is 0 Å². The first kappa shape index (κ1) is 13.7. The summed E-state index contributed by atoms with van der Waals surface area (Å²) in [7, 11) is 2.06. The minimum atomic E-state index is 0.671. The first-order valence-electron chi connectivity index (χ1n) is 6.03. The number of nitrogens with one attached hydrogen (secondary N) is 1. The topological polar surface area (TPSA) is 24.9 Å². The number of halogens is 1. The van der Waals surface area contributed by atoms with Crippen molar-refractivity contribution >= 4 is 15.9 Å². The largest absolute Gasteiger partial charge is 0.317 e. The highest BCUT2D eigenvalue weighted by Crippen LogP contribution is 2.13. The van der Waals surface area contributed by atoms with Gasteiger partial charge in [0.05, 0.1) is 0 Å². The molecule has 0 aliphatic rings. The van der Waals surface area contributed by atoms with Crippen LogP contribution in [-0.2, 0) is 6.42 Å². The Morgan fingerprint density at radius 3 is 2.81 bits per heavy atom. The van der Waals surface area contributed by atoms with Gasteiger partial charge in [-0.2, -0.15) is 0 Å². The van der Waals surface area contributed by atoms with Crippen molar-refractivity contribution in [3.05, 3.63) is 28.5 Å². The van der Waals surface area contributed by atoms with Gasteiger partial charge in [-0.05, 0) is 60.3 Å². The summed E-state index contributed by atoms with van der Waals surface area (Å²) in [4.78, 5) is 4.18. The van der Waals surface area contributed by atoms with Crippen molar-refractivity contribution in [3.63, 3.8) is 0 Å². The Balaban J connectivity index is 2.29. The van der Waals surface area contributed by atoms with Crippen molar-refractivity contribution < 1.29 is 0 Å². The molecule has 0 spiro atoms. The molecule has 0 aliphatic carbocycles. The average Bonchev–Trinajstić information content (AvgIpc) is 2.28. The monoisotopic (exact) mass is 284 g/mol. The summed E-state index contributed by atoms with van der Waals surface area (Å²) in [6.07, 6.45) is 9.90. The first-order valence-corrected chi connectivity index (χ1v) is 6.82. The van der Waals surface area contributed by atoms with Crippen LogP contribution in [0.25, 0.3) is 0 Å². The molecule has 16 heavy (non-hydrogen) atoms. The molecule has 2 nitrogen and oxygen atoms in total. The molecule has 1 N–H and O–H groups in total. The fraction of sp³-hybridized carbons (Fsp3) is 0.615. The number of hydrogen-bond acceptors (Lipinski definition) is 2. The molecule has 3 heteroatoms. The van der Waals surface area contributed by atoms with Crippen LogP contribution >= 0.6 is 15.9 Å². The Kier molecular flexibility index (Phi) is 6.65. The van der Waals surface area contributed by atoms with Crippen LogP contribution in [-0.4, -0.2) is 18.1 Å². The lowest BCUT2D eigenvalue weighted by Gasteiger charge is -2.14. The van der Waals surface area contributed by atoms with E-state index < -0.39 is 0 Å². The molecule has 0 aromatic carbocycles. The lowest BCUT2D eigenvalue weighted by Crippen LogP contribution is -2.24.